The van der Waals surface area contributed by atoms with Gasteiger partial charge in [0.05, 0.1) is 20.3 Å². The molecule has 1 saturated heterocycles. The fourth-order valence-corrected chi connectivity index (χ4v) is 2.68. The van der Waals surface area contributed by atoms with Gasteiger partial charge in [-0.05, 0) is 25.5 Å². The highest BCUT2D eigenvalue weighted by atomic mass is 127. The number of guanidine groups is 1. The van der Waals surface area contributed by atoms with E-state index in [1.54, 1.807) is 7.11 Å². The highest BCUT2D eigenvalue weighted by Crippen LogP contribution is 2.18. The van der Waals surface area contributed by atoms with Gasteiger partial charge in [-0.15, -0.1) is 24.0 Å². The maximum absolute atomic E-state index is 5.74. The summed E-state index contributed by atoms with van der Waals surface area (Å²) in [7, 11) is 3.72. The van der Waals surface area contributed by atoms with E-state index in [2.05, 4.69) is 29.2 Å². The lowest BCUT2D eigenvalue weighted by molar-refractivity contribution is 0.181. The monoisotopic (exact) mass is 463 g/mol. The van der Waals surface area contributed by atoms with Gasteiger partial charge in [0, 0.05) is 38.7 Å². The number of hydrogen-bond acceptors (Lipinski definition) is 4. The van der Waals surface area contributed by atoms with Crippen LogP contribution in [0.1, 0.15) is 13.3 Å². The molecule has 1 aromatic rings. The molecule has 2 rings (SSSR count). The van der Waals surface area contributed by atoms with E-state index in [1.165, 1.54) is 0 Å². The molecule has 1 aliphatic heterocycles. The van der Waals surface area contributed by atoms with Crippen molar-refractivity contribution in [1.29, 1.82) is 0 Å². The largest absolute Gasteiger partial charge is 0.497 e. The van der Waals surface area contributed by atoms with Crippen LogP contribution >= 0.6 is 24.0 Å². The number of rotatable bonds is 8. The van der Waals surface area contributed by atoms with Gasteiger partial charge in [-0.1, -0.05) is 6.07 Å². The number of ether oxygens (including phenoxy) is 3. The Labute approximate surface area is 167 Å². The summed E-state index contributed by atoms with van der Waals surface area (Å²) in [5.41, 5.74) is 0. The fourth-order valence-electron chi connectivity index (χ4n) is 2.68. The first kappa shape index (κ1) is 21.8. The lowest BCUT2D eigenvalue weighted by Crippen LogP contribution is -2.41. The number of hydrogen-bond donors (Lipinski definition) is 1. The Kier molecular flexibility index (Phi) is 10.6. The fraction of sp³-hybridized carbons (Fsp3) is 0.611. The smallest absolute Gasteiger partial charge is 0.193 e. The van der Waals surface area contributed by atoms with Crippen molar-refractivity contribution in [2.75, 3.05) is 53.6 Å². The minimum absolute atomic E-state index is 0. The van der Waals surface area contributed by atoms with Crippen LogP contribution < -0.4 is 14.8 Å². The maximum atomic E-state index is 5.74. The third-order valence-corrected chi connectivity index (χ3v) is 3.92. The number of methoxy groups -OCH3 is 1. The zero-order chi connectivity index (χ0) is 17.2. The van der Waals surface area contributed by atoms with Crippen LogP contribution in [0.15, 0.2) is 29.3 Å². The van der Waals surface area contributed by atoms with Gasteiger partial charge in [0.15, 0.2) is 5.96 Å². The van der Waals surface area contributed by atoms with Crippen molar-refractivity contribution in [3.8, 4) is 11.5 Å². The molecule has 142 valence electrons. The molecule has 25 heavy (non-hydrogen) atoms. The Bertz CT molecular complexity index is 522. The number of nitrogens with zero attached hydrogens (tertiary/aromatic N) is 2. The Balaban J connectivity index is 0.00000312. The van der Waals surface area contributed by atoms with Crippen LogP contribution in [0.2, 0.25) is 0 Å². The first-order valence-corrected chi connectivity index (χ1v) is 8.57. The van der Waals surface area contributed by atoms with Crippen molar-refractivity contribution in [2.24, 2.45) is 10.9 Å². The average molecular weight is 463 g/mol. The lowest BCUT2D eigenvalue weighted by Gasteiger charge is -2.24. The third kappa shape index (κ3) is 7.68. The number of halogens is 1. The Morgan fingerprint density at radius 2 is 2.20 bits per heavy atom. The second-order valence-electron chi connectivity index (χ2n) is 5.87. The molecule has 0 radical (unpaired) electrons. The van der Waals surface area contributed by atoms with Gasteiger partial charge in [-0.2, -0.15) is 0 Å². The van der Waals surface area contributed by atoms with E-state index >= 15 is 0 Å². The van der Waals surface area contributed by atoms with Gasteiger partial charge in [0.2, 0.25) is 0 Å². The van der Waals surface area contributed by atoms with Crippen molar-refractivity contribution in [3.63, 3.8) is 0 Å². The van der Waals surface area contributed by atoms with Crippen LogP contribution in [-0.2, 0) is 4.74 Å². The van der Waals surface area contributed by atoms with E-state index in [4.69, 9.17) is 14.2 Å². The van der Waals surface area contributed by atoms with Crippen molar-refractivity contribution >= 4 is 29.9 Å². The molecule has 6 nitrogen and oxygen atoms in total. The van der Waals surface area contributed by atoms with Gasteiger partial charge in [-0.3, -0.25) is 0 Å². The predicted molar refractivity (Wildman–Crippen MR) is 111 cm³/mol. The summed E-state index contributed by atoms with van der Waals surface area (Å²) in [6.45, 7) is 6.75. The highest BCUT2D eigenvalue weighted by molar-refractivity contribution is 14.0. The minimum atomic E-state index is 0. The predicted octanol–water partition coefficient (Wildman–Crippen LogP) is 2.63. The zero-order valence-corrected chi connectivity index (χ0v) is 17.7. The third-order valence-electron chi connectivity index (χ3n) is 3.92. The molecule has 0 saturated carbocycles. The highest BCUT2D eigenvalue weighted by Gasteiger charge is 2.18. The van der Waals surface area contributed by atoms with Gasteiger partial charge >= 0.3 is 0 Å². The van der Waals surface area contributed by atoms with Crippen LogP contribution in [0.25, 0.3) is 0 Å². The maximum Gasteiger partial charge on any atom is 0.193 e. The van der Waals surface area contributed by atoms with Crippen LogP contribution in [0.3, 0.4) is 0 Å². The molecule has 1 unspecified atom stereocenters. The van der Waals surface area contributed by atoms with E-state index in [0.29, 0.717) is 19.1 Å². The molecule has 1 fully saturated rings. The molecule has 7 heteroatoms. The lowest BCUT2D eigenvalue weighted by atomic mass is 10.1. The van der Waals surface area contributed by atoms with Crippen LogP contribution in [0, 0.1) is 5.92 Å². The van der Waals surface area contributed by atoms with E-state index in [-0.39, 0.29) is 24.0 Å². The molecular weight excluding hydrogens is 433 g/mol. The second-order valence-corrected chi connectivity index (χ2v) is 5.87. The Morgan fingerprint density at radius 3 is 2.88 bits per heavy atom. The zero-order valence-electron chi connectivity index (χ0n) is 15.4. The van der Waals surface area contributed by atoms with E-state index < -0.39 is 0 Å². The molecule has 0 aromatic heterocycles. The van der Waals surface area contributed by atoms with Crippen LogP contribution in [0.4, 0.5) is 0 Å². The van der Waals surface area contributed by atoms with Crippen molar-refractivity contribution in [2.45, 2.75) is 13.3 Å². The molecule has 0 bridgehead atoms. The molecule has 1 atom stereocenters. The first-order valence-electron chi connectivity index (χ1n) is 8.57. The molecule has 0 amide bonds. The summed E-state index contributed by atoms with van der Waals surface area (Å²) in [5, 5.41) is 3.33. The van der Waals surface area contributed by atoms with E-state index in [0.717, 1.165) is 50.2 Å². The summed E-state index contributed by atoms with van der Waals surface area (Å²) < 4.78 is 16.4. The summed E-state index contributed by atoms with van der Waals surface area (Å²) in [5.74, 6) is 3.10. The second kappa shape index (κ2) is 12.2. The number of benzene rings is 1. The Morgan fingerprint density at radius 1 is 1.40 bits per heavy atom. The summed E-state index contributed by atoms with van der Waals surface area (Å²) in [6.07, 6.45) is 1.13. The van der Waals surface area contributed by atoms with Crippen molar-refractivity contribution in [1.82, 2.24) is 10.2 Å². The molecular formula is C18H30IN3O3. The Hall–Kier alpha value is -1.22. The van der Waals surface area contributed by atoms with Crippen molar-refractivity contribution < 1.29 is 14.2 Å². The summed E-state index contributed by atoms with van der Waals surface area (Å²) in [6, 6.07) is 7.61. The molecule has 1 aromatic carbocycles. The van der Waals surface area contributed by atoms with Crippen LogP contribution in [0.5, 0.6) is 11.5 Å². The normalized spacial score (nSPS) is 16.9. The first-order chi connectivity index (χ1) is 11.7. The van der Waals surface area contributed by atoms with Gasteiger partial charge in [0.1, 0.15) is 18.1 Å². The SMILES string of the molecule is CCNC(=NCCOc1cccc(OC)c1)N(C)CC1CCOC1.I. The molecule has 1 N–H and O–H groups in total. The van der Waals surface area contributed by atoms with E-state index in [1.807, 2.05) is 24.3 Å². The molecule has 1 aliphatic rings. The molecule has 1 heterocycles. The van der Waals surface area contributed by atoms with Gasteiger partial charge in [0.25, 0.3) is 0 Å². The molecule has 0 spiro atoms. The van der Waals surface area contributed by atoms with Gasteiger partial charge in [-0.25, -0.2) is 4.99 Å². The minimum Gasteiger partial charge on any atom is -0.497 e. The summed E-state index contributed by atoms with van der Waals surface area (Å²) >= 11 is 0. The number of aliphatic imine (C=N–C) groups is 1. The average Bonchev–Trinajstić information content (AvgIpc) is 3.10. The topological polar surface area (TPSA) is 55.3 Å². The number of nitrogens with one attached hydrogen (secondary N) is 1. The van der Waals surface area contributed by atoms with Gasteiger partial charge < -0.3 is 24.4 Å². The van der Waals surface area contributed by atoms with Crippen LogP contribution in [-0.4, -0.2) is 64.5 Å². The summed E-state index contributed by atoms with van der Waals surface area (Å²) in [4.78, 5) is 6.82. The van der Waals surface area contributed by atoms with E-state index in [9.17, 15) is 0 Å². The molecule has 0 aliphatic carbocycles. The standard InChI is InChI=1S/C18H29N3O3.HI/c1-4-19-18(21(2)13-15-8-10-23-14-15)20-9-11-24-17-7-5-6-16(12-17)22-3;/h5-7,12,15H,4,8-11,13-14H2,1-3H3,(H,19,20);1H. The van der Waals surface area contributed by atoms with Crippen molar-refractivity contribution in [3.05, 3.63) is 24.3 Å². The quantitative estimate of drug-likeness (QED) is 0.278.